The van der Waals surface area contributed by atoms with Crippen LogP contribution in [0.2, 0.25) is 0 Å². The van der Waals surface area contributed by atoms with E-state index in [0.29, 0.717) is 12.3 Å². The minimum Gasteiger partial charge on any atom is -0.488 e. The smallest absolute Gasteiger partial charge is 0.368 e. The Hall–Kier alpha value is -2.06. The van der Waals surface area contributed by atoms with Gasteiger partial charge in [0.25, 0.3) is 0 Å². The molecule has 2 aromatic carbocycles. The molecule has 0 aliphatic carbocycles. The number of aryl methyl sites for hydroxylation is 2. The number of hydrogen-bond donors (Lipinski definition) is 0. The highest BCUT2D eigenvalue weighted by molar-refractivity contribution is 9.10. The van der Waals surface area contributed by atoms with Crippen molar-refractivity contribution in [3.63, 3.8) is 0 Å². The lowest BCUT2D eigenvalue weighted by Crippen LogP contribution is -2.23. The Morgan fingerprint density at radius 2 is 2.04 bits per heavy atom. The molecule has 0 amide bonds. The number of benzene rings is 2. The molecule has 0 saturated heterocycles. The van der Waals surface area contributed by atoms with E-state index >= 15 is 0 Å². The minimum atomic E-state index is -0.294. The highest BCUT2D eigenvalue weighted by Crippen LogP contribution is 2.30. The Bertz CT molecular complexity index is 984. The SMILES string of the molecule is CCc1ccc(OCc2c(SC)cccc2-n2nnn(C)c2=O)c(Br)c1. The fourth-order valence-corrected chi connectivity index (χ4v) is 3.75. The van der Waals surface area contributed by atoms with Gasteiger partial charge in [-0.15, -0.1) is 11.8 Å². The van der Waals surface area contributed by atoms with Crippen molar-refractivity contribution in [1.82, 2.24) is 19.8 Å². The van der Waals surface area contributed by atoms with Crippen LogP contribution in [0.25, 0.3) is 5.69 Å². The van der Waals surface area contributed by atoms with Crippen molar-refractivity contribution in [1.29, 1.82) is 0 Å². The van der Waals surface area contributed by atoms with Gasteiger partial charge in [0.2, 0.25) is 0 Å². The summed E-state index contributed by atoms with van der Waals surface area (Å²) in [6, 6.07) is 11.8. The monoisotopic (exact) mass is 434 g/mol. The molecule has 0 atom stereocenters. The van der Waals surface area contributed by atoms with Crippen LogP contribution in [0.1, 0.15) is 18.1 Å². The van der Waals surface area contributed by atoms with Gasteiger partial charge in [0.15, 0.2) is 0 Å². The van der Waals surface area contributed by atoms with Gasteiger partial charge >= 0.3 is 5.69 Å². The summed E-state index contributed by atoms with van der Waals surface area (Å²) < 4.78 is 9.46. The summed E-state index contributed by atoms with van der Waals surface area (Å²) >= 11 is 5.16. The second kappa shape index (κ2) is 8.09. The number of rotatable bonds is 6. The molecule has 0 aliphatic heterocycles. The van der Waals surface area contributed by atoms with Gasteiger partial charge in [-0.05, 0) is 68.9 Å². The first-order chi connectivity index (χ1) is 12.5. The van der Waals surface area contributed by atoms with Crippen LogP contribution in [-0.4, -0.2) is 26.0 Å². The molecule has 3 rings (SSSR count). The maximum atomic E-state index is 12.3. The molecule has 0 fully saturated rings. The predicted octanol–water partition coefficient (Wildman–Crippen LogP) is 3.59. The second-order valence-electron chi connectivity index (χ2n) is 5.66. The topological polar surface area (TPSA) is 61.9 Å². The quantitative estimate of drug-likeness (QED) is 0.554. The predicted molar refractivity (Wildman–Crippen MR) is 106 cm³/mol. The Morgan fingerprint density at radius 3 is 2.65 bits per heavy atom. The van der Waals surface area contributed by atoms with Gasteiger partial charge in [-0.25, -0.2) is 4.79 Å². The molecule has 26 heavy (non-hydrogen) atoms. The molecule has 0 radical (unpaired) electrons. The standard InChI is InChI=1S/C18H19BrN4O2S/c1-4-12-8-9-16(14(19)10-12)25-11-13-15(6-5-7-17(13)26-3)23-18(24)22(2)20-21-23/h5-10H,4,11H2,1-3H3. The zero-order valence-electron chi connectivity index (χ0n) is 14.8. The Kier molecular flexibility index (Phi) is 5.83. The van der Waals surface area contributed by atoms with Gasteiger partial charge in [-0.3, -0.25) is 0 Å². The fraction of sp³-hybridized carbons (Fsp3) is 0.278. The lowest BCUT2D eigenvalue weighted by atomic mass is 10.1. The van der Waals surface area contributed by atoms with Crippen LogP contribution in [0.4, 0.5) is 0 Å². The summed E-state index contributed by atoms with van der Waals surface area (Å²) in [6.07, 6.45) is 2.96. The number of thioether (sulfide) groups is 1. The average molecular weight is 435 g/mol. The number of tetrazole rings is 1. The number of halogens is 1. The van der Waals surface area contributed by atoms with Crippen molar-refractivity contribution in [2.75, 3.05) is 6.26 Å². The zero-order valence-corrected chi connectivity index (χ0v) is 17.2. The van der Waals surface area contributed by atoms with Gasteiger partial charge in [-0.2, -0.15) is 9.36 Å². The Morgan fingerprint density at radius 1 is 1.23 bits per heavy atom. The summed E-state index contributed by atoms with van der Waals surface area (Å²) in [5, 5.41) is 7.76. The third kappa shape index (κ3) is 3.71. The van der Waals surface area contributed by atoms with Crippen LogP contribution in [-0.2, 0) is 20.1 Å². The molecule has 1 aromatic heterocycles. The molecule has 0 spiro atoms. The average Bonchev–Trinajstić information content (AvgIpc) is 2.99. The largest absolute Gasteiger partial charge is 0.488 e. The molecule has 0 aliphatic rings. The van der Waals surface area contributed by atoms with Crippen molar-refractivity contribution >= 4 is 27.7 Å². The van der Waals surface area contributed by atoms with Crippen LogP contribution >= 0.6 is 27.7 Å². The fourth-order valence-electron chi connectivity index (χ4n) is 2.58. The summed E-state index contributed by atoms with van der Waals surface area (Å²) in [4.78, 5) is 13.3. The molecule has 1 heterocycles. The van der Waals surface area contributed by atoms with Crippen molar-refractivity contribution in [2.45, 2.75) is 24.8 Å². The van der Waals surface area contributed by atoms with Crippen molar-refractivity contribution in [2.24, 2.45) is 7.05 Å². The first-order valence-electron chi connectivity index (χ1n) is 8.11. The molecule has 3 aromatic rings. The first kappa shape index (κ1) is 18.7. The Labute approximate surface area is 164 Å². The van der Waals surface area contributed by atoms with Gasteiger partial charge in [-0.1, -0.05) is 19.1 Å². The number of nitrogens with zero attached hydrogens (tertiary/aromatic N) is 4. The number of hydrogen-bond acceptors (Lipinski definition) is 5. The minimum absolute atomic E-state index is 0.294. The zero-order chi connectivity index (χ0) is 18.7. The highest BCUT2D eigenvalue weighted by atomic mass is 79.9. The van der Waals surface area contributed by atoms with Crippen LogP contribution in [0.5, 0.6) is 5.75 Å². The first-order valence-corrected chi connectivity index (χ1v) is 10.1. The highest BCUT2D eigenvalue weighted by Gasteiger charge is 2.15. The third-order valence-electron chi connectivity index (χ3n) is 4.05. The van der Waals surface area contributed by atoms with E-state index in [0.717, 1.165) is 27.1 Å². The maximum Gasteiger partial charge on any atom is 0.368 e. The van der Waals surface area contributed by atoms with Gasteiger partial charge < -0.3 is 4.74 Å². The summed E-state index contributed by atoms with van der Waals surface area (Å²) in [6.45, 7) is 2.43. The van der Waals surface area contributed by atoms with Crippen LogP contribution in [0, 0.1) is 0 Å². The lowest BCUT2D eigenvalue weighted by Gasteiger charge is -2.15. The van der Waals surface area contributed by atoms with E-state index in [2.05, 4.69) is 45.4 Å². The molecule has 8 heteroatoms. The molecule has 0 unspecified atom stereocenters. The van der Waals surface area contributed by atoms with Gasteiger partial charge in [0.1, 0.15) is 12.4 Å². The van der Waals surface area contributed by atoms with Crippen LogP contribution in [0.3, 0.4) is 0 Å². The molecule has 0 bridgehead atoms. The third-order valence-corrected chi connectivity index (χ3v) is 5.50. The van der Waals surface area contributed by atoms with Gasteiger partial charge in [0.05, 0.1) is 10.2 Å². The summed E-state index contributed by atoms with van der Waals surface area (Å²) in [5.41, 5.74) is 2.52. The van der Waals surface area contributed by atoms with Crippen molar-refractivity contribution in [3.05, 3.63) is 62.5 Å². The van der Waals surface area contributed by atoms with Gasteiger partial charge in [0, 0.05) is 17.5 Å². The molecular weight excluding hydrogens is 416 g/mol. The summed E-state index contributed by atoms with van der Waals surface area (Å²) in [7, 11) is 1.58. The molecule has 0 N–H and O–H groups in total. The van der Waals surface area contributed by atoms with Crippen molar-refractivity contribution in [3.8, 4) is 11.4 Å². The lowest BCUT2D eigenvalue weighted by molar-refractivity contribution is 0.300. The normalized spacial score (nSPS) is 10.9. The number of ether oxygens (including phenoxy) is 1. The van der Waals surface area contributed by atoms with E-state index in [-0.39, 0.29) is 5.69 Å². The van der Waals surface area contributed by atoms with E-state index in [1.807, 2.05) is 30.5 Å². The summed E-state index contributed by atoms with van der Waals surface area (Å²) in [5.74, 6) is 0.760. The van der Waals surface area contributed by atoms with Crippen LogP contribution < -0.4 is 10.4 Å². The molecule has 6 nitrogen and oxygen atoms in total. The maximum absolute atomic E-state index is 12.3. The number of aromatic nitrogens is 4. The van der Waals surface area contributed by atoms with E-state index in [9.17, 15) is 4.79 Å². The van der Waals surface area contributed by atoms with E-state index in [1.165, 1.54) is 14.9 Å². The molecule has 136 valence electrons. The Balaban J connectivity index is 1.97. The van der Waals surface area contributed by atoms with Crippen molar-refractivity contribution < 1.29 is 4.74 Å². The van der Waals surface area contributed by atoms with E-state index < -0.39 is 0 Å². The van der Waals surface area contributed by atoms with E-state index in [4.69, 9.17) is 4.74 Å². The van der Waals surface area contributed by atoms with E-state index in [1.54, 1.807) is 18.8 Å². The second-order valence-corrected chi connectivity index (χ2v) is 7.36. The molecular formula is C18H19BrN4O2S. The molecule has 0 saturated carbocycles. The van der Waals surface area contributed by atoms with Crippen LogP contribution in [0.15, 0.2) is 50.6 Å².